The minimum absolute atomic E-state index is 0.165. The Labute approximate surface area is 124 Å². The molecule has 0 saturated heterocycles. The van der Waals surface area contributed by atoms with Crippen LogP contribution in [0.3, 0.4) is 0 Å². The summed E-state index contributed by atoms with van der Waals surface area (Å²) in [5, 5.41) is 0.386. The standard InChI is InChI=1S/C16H31ClO2/c1-3-16(17)13-11-9-7-5-4-6-8-10-12-14-19-15(2)18/h16H,3-14H2,1-2H3. The summed E-state index contributed by atoms with van der Waals surface area (Å²) < 4.78 is 4.89. The normalized spacial score (nSPS) is 12.4. The van der Waals surface area contributed by atoms with Crippen molar-refractivity contribution in [2.45, 2.75) is 89.9 Å². The Balaban J connectivity index is 3.01. The highest BCUT2D eigenvalue weighted by Crippen LogP contribution is 2.14. The van der Waals surface area contributed by atoms with E-state index in [2.05, 4.69) is 6.92 Å². The van der Waals surface area contributed by atoms with E-state index in [1.807, 2.05) is 0 Å². The van der Waals surface area contributed by atoms with E-state index in [1.165, 1.54) is 64.7 Å². The summed E-state index contributed by atoms with van der Waals surface area (Å²) in [6.07, 6.45) is 13.7. The summed E-state index contributed by atoms with van der Waals surface area (Å²) in [5.41, 5.74) is 0. The maximum Gasteiger partial charge on any atom is 0.302 e. The monoisotopic (exact) mass is 290 g/mol. The first-order valence-corrected chi connectivity index (χ1v) is 8.38. The minimum atomic E-state index is -0.165. The van der Waals surface area contributed by atoms with Crippen molar-refractivity contribution in [2.75, 3.05) is 6.61 Å². The molecule has 0 bridgehead atoms. The molecule has 0 aromatic heterocycles. The van der Waals surface area contributed by atoms with Gasteiger partial charge >= 0.3 is 5.97 Å². The van der Waals surface area contributed by atoms with E-state index < -0.39 is 0 Å². The summed E-state index contributed by atoms with van der Waals surface area (Å²) in [6.45, 7) is 4.21. The van der Waals surface area contributed by atoms with E-state index in [4.69, 9.17) is 16.3 Å². The molecule has 0 heterocycles. The molecular weight excluding hydrogens is 260 g/mol. The highest BCUT2D eigenvalue weighted by atomic mass is 35.5. The quantitative estimate of drug-likeness (QED) is 0.255. The van der Waals surface area contributed by atoms with E-state index in [0.29, 0.717) is 12.0 Å². The van der Waals surface area contributed by atoms with E-state index in [-0.39, 0.29) is 5.97 Å². The van der Waals surface area contributed by atoms with Crippen molar-refractivity contribution < 1.29 is 9.53 Å². The third-order valence-corrected chi connectivity index (χ3v) is 3.94. The lowest BCUT2D eigenvalue weighted by Gasteiger charge is -2.06. The predicted molar refractivity (Wildman–Crippen MR) is 82.7 cm³/mol. The topological polar surface area (TPSA) is 26.3 Å². The number of esters is 1. The van der Waals surface area contributed by atoms with Crippen LogP contribution in [0.15, 0.2) is 0 Å². The molecule has 0 radical (unpaired) electrons. The molecule has 1 atom stereocenters. The van der Waals surface area contributed by atoms with Crippen molar-refractivity contribution in [1.82, 2.24) is 0 Å². The zero-order chi connectivity index (χ0) is 14.3. The van der Waals surface area contributed by atoms with Crippen molar-refractivity contribution >= 4 is 17.6 Å². The Morgan fingerprint density at radius 2 is 1.42 bits per heavy atom. The van der Waals surface area contributed by atoms with Gasteiger partial charge in [0.15, 0.2) is 0 Å². The first kappa shape index (κ1) is 18.8. The van der Waals surface area contributed by atoms with Crippen LogP contribution in [-0.2, 0) is 9.53 Å². The van der Waals surface area contributed by atoms with Gasteiger partial charge in [0.2, 0.25) is 0 Å². The van der Waals surface area contributed by atoms with Gasteiger partial charge in [-0.05, 0) is 19.3 Å². The number of alkyl halides is 1. The van der Waals surface area contributed by atoms with Gasteiger partial charge in [-0.1, -0.05) is 58.3 Å². The lowest BCUT2D eigenvalue weighted by molar-refractivity contribution is -0.141. The van der Waals surface area contributed by atoms with Crippen molar-refractivity contribution in [3.8, 4) is 0 Å². The van der Waals surface area contributed by atoms with Crippen molar-refractivity contribution in [3.05, 3.63) is 0 Å². The summed E-state index contributed by atoms with van der Waals surface area (Å²) in [7, 11) is 0. The number of unbranched alkanes of at least 4 members (excludes halogenated alkanes) is 8. The third kappa shape index (κ3) is 15.7. The Hall–Kier alpha value is -0.240. The molecule has 19 heavy (non-hydrogen) atoms. The Morgan fingerprint density at radius 1 is 0.947 bits per heavy atom. The van der Waals surface area contributed by atoms with Crippen LogP contribution in [0, 0.1) is 0 Å². The zero-order valence-electron chi connectivity index (χ0n) is 12.8. The number of carbonyl (C=O) groups is 1. The van der Waals surface area contributed by atoms with Crippen LogP contribution in [0.25, 0.3) is 0 Å². The van der Waals surface area contributed by atoms with Gasteiger partial charge in [-0.15, -0.1) is 11.6 Å². The molecule has 0 fully saturated rings. The van der Waals surface area contributed by atoms with Gasteiger partial charge in [0.1, 0.15) is 0 Å². The van der Waals surface area contributed by atoms with Crippen LogP contribution in [0.4, 0.5) is 0 Å². The van der Waals surface area contributed by atoms with Crippen LogP contribution >= 0.6 is 11.6 Å². The van der Waals surface area contributed by atoms with Crippen LogP contribution in [0.2, 0.25) is 0 Å². The fourth-order valence-electron chi connectivity index (χ4n) is 2.13. The fraction of sp³-hybridized carbons (Fsp3) is 0.938. The van der Waals surface area contributed by atoms with E-state index in [1.54, 1.807) is 0 Å². The molecule has 0 saturated carbocycles. The van der Waals surface area contributed by atoms with E-state index >= 15 is 0 Å². The van der Waals surface area contributed by atoms with Gasteiger partial charge in [0.25, 0.3) is 0 Å². The number of ether oxygens (including phenoxy) is 1. The number of halogens is 1. The summed E-state index contributed by atoms with van der Waals surface area (Å²) in [5.74, 6) is -0.165. The second kappa shape index (κ2) is 14.2. The van der Waals surface area contributed by atoms with Crippen LogP contribution < -0.4 is 0 Å². The third-order valence-electron chi connectivity index (χ3n) is 3.41. The van der Waals surface area contributed by atoms with Crippen molar-refractivity contribution in [1.29, 1.82) is 0 Å². The Bertz CT molecular complexity index is 207. The van der Waals surface area contributed by atoms with Crippen LogP contribution in [-0.4, -0.2) is 18.0 Å². The van der Waals surface area contributed by atoms with Gasteiger partial charge in [0.05, 0.1) is 6.61 Å². The molecule has 3 heteroatoms. The van der Waals surface area contributed by atoms with E-state index in [0.717, 1.165) is 12.8 Å². The SMILES string of the molecule is CCC(Cl)CCCCCCCCCCCOC(C)=O. The van der Waals surface area contributed by atoms with Crippen LogP contribution in [0.5, 0.6) is 0 Å². The highest BCUT2D eigenvalue weighted by molar-refractivity contribution is 6.20. The highest BCUT2D eigenvalue weighted by Gasteiger charge is 2.00. The van der Waals surface area contributed by atoms with E-state index in [9.17, 15) is 4.79 Å². The zero-order valence-corrected chi connectivity index (χ0v) is 13.5. The second-order valence-corrected chi connectivity index (χ2v) is 5.93. The molecule has 0 aliphatic rings. The maximum absolute atomic E-state index is 10.5. The lowest BCUT2D eigenvalue weighted by atomic mass is 10.1. The van der Waals surface area contributed by atoms with Crippen LogP contribution in [0.1, 0.15) is 84.5 Å². The number of rotatable bonds is 13. The number of hydrogen-bond acceptors (Lipinski definition) is 2. The van der Waals surface area contributed by atoms with Gasteiger partial charge in [-0.25, -0.2) is 0 Å². The van der Waals surface area contributed by atoms with Crippen molar-refractivity contribution in [3.63, 3.8) is 0 Å². The Morgan fingerprint density at radius 3 is 1.89 bits per heavy atom. The van der Waals surface area contributed by atoms with Gasteiger partial charge in [-0.2, -0.15) is 0 Å². The molecule has 1 unspecified atom stereocenters. The molecule has 0 N–H and O–H groups in total. The maximum atomic E-state index is 10.5. The first-order chi connectivity index (χ1) is 9.16. The number of hydrogen-bond donors (Lipinski definition) is 0. The number of carbonyl (C=O) groups excluding carboxylic acids is 1. The molecule has 0 spiro atoms. The summed E-state index contributed by atoms with van der Waals surface area (Å²) >= 11 is 6.08. The minimum Gasteiger partial charge on any atom is -0.466 e. The van der Waals surface area contributed by atoms with Gasteiger partial charge in [0, 0.05) is 12.3 Å². The predicted octanol–water partition coefficient (Wildman–Crippen LogP) is 5.47. The molecular formula is C16H31ClO2. The molecule has 114 valence electrons. The molecule has 0 aromatic carbocycles. The molecule has 0 amide bonds. The first-order valence-electron chi connectivity index (χ1n) is 7.94. The van der Waals surface area contributed by atoms with Gasteiger partial charge in [-0.3, -0.25) is 4.79 Å². The molecule has 0 aliphatic carbocycles. The van der Waals surface area contributed by atoms with Crippen molar-refractivity contribution in [2.24, 2.45) is 0 Å². The van der Waals surface area contributed by atoms with Gasteiger partial charge < -0.3 is 4.74 Å². The molecule has 0 aromatic rings. The summed E-state index contributed by atoms with van der Waals surface area (Å²) in [4.78, 5) is 10.5. The largest absolute Gasteiger partial charge is 0.466 e. The summed E-state index contributed by atoms with van der Waals surface area (Å²) in [6, 6.07) is 0. The lowest BCUT2D eigenvalue weighted by Crippen LogP contribution is -2.00. The molecule has 0 aliphatic heterocycles. The molecule has 0 rings (SSSR count). The fourth-order valence-corrected chi connectivity index (χ4v) is 2.28. The average molecular weight is 291 g/mol. The average Bonchev–Trinajstić information content (AvgIpc) is 2.39. The second-order valence-electron chi connectivity index (χ2n) is 5.32. The molecule has 2 nitrogen and oxygen atoms in total. The smallest absolute Gasteiger partial charge is 0.302 e. The Kier molecular flexibility index (Phi) is 14.0.